The van der Waals surface area contributed by atoms with Crippen molar-refractivity contribution in [3.8, 4) is 0 Å². The molecular weight excluding hydrogens is 189 g/mol. The van der Waals surface area contributed by atoms with E-state index in [2.05, 4.69) is 0 Å². The molecule has 1 nitrogen and oxygen atoms in total. The van der Waals surface area contributed by atoms with E-state index in [9.17, 15) is 4.39 Å². The molecule has 1 aromatic carbocycles. The van der Waals surface area contributed by atoms with Crippen molar-refractivity contribution in [3.63, 3.8) is 0 Å². The molecule has 0 radical (unpaired) electrons. The summed E-state index contributed by atoms with van der Waals surface area (Å²) in [5, 5.41) is 0. The second kappa shape index (κ2) is 4.31. The number of hydrogen-bond acceptors (Lipinski definition) is 1. The van der Waals surface area contributed by atoms with Crippen LogP contribution in [0.1, 0.15) is 43.4 Å². The lowest BCUT2D eigenvalue weighted by Gasteiger charge is -2.09. The topological polar surface area (TPSA) is 26.0 Å². The van der Waals surface area contributed by atoms with Gasteiger partial charge in [0.15, 0.2) is 0 Å². The van der Waals surface area contributed by atoms with Crippen molar-refractivity contribution in [1.82, 2.24) is 0 Å². The highest BCUT2D eigenvalue weighted by atomic mass is 19.1. The largest absolute Gasteiger partial charge is 0.324 e. The van der Waals surface area contributed by atoms with E-state index in [1.54, 1.807) is 12.1 Å². The Kier molecular flexibility index (Phi) is 3.06. The summed E-state index contributed by atoms with van der Waals surface area (Å²) in [6, 6.07) is 5.23. The second-order valence-corrected chi connectivity index (χ2v) is 4.62. The van der Waals surface area contributed by atoms with Crippen molar-refractivity contribution in [1.29, 1.82) is 0 Å². The predicted octanol–water partition coefficient (Wildman–Crippen LogP) is 3.19. The molecule has 1 aliphatic carbocycles. The Morgan fingerprint density at radius 1 is 1.47 bits per heavy atom. The first-order chi connectivity index (χ1) is 7.16. The van der Waals surface area contributed by atoms with Crippen molar-refractivity contribution < 1.29 is 4.39 Å². The summed E-state index contributed by atoms with van der Waals surface area (Å²) >= 11 is 0. The summed E-state index contributed by atoms with van der Waals surface area (Å²) in [6.07, 6.45) is 4.64. The Labute approximate surface area is 90.5 Å². The smallest absolute Gasteiger partial charge is 0.126 e. The number of nitrogens with two attached hydrogens (primary N) is 1. The van der Waals surface area contributed by atoms with Crippen LogP contribution in [-0.2, 0) is 6.42 Å². The minimum Gasteiger partial charge on any atom is -0.324 e. The Hall–Kier alpha value is -0.890. The van der Waals surface area contributed by atoms with Gasteiger partial charge in [-0.05, 0) is 42.9 Å². The normalized spacial score (nSPS) is 17.8. The van der Waals surface area contributed by atoms with Crippen LogP contribution >= 0.6 is 0 Å². The van der Waals surface area contributed by atoms with Crippen LogP contribution in [0.2, 0.25) is 0 Å². The molecule has 0 saturated heterocycles. The maximum Gasteiger partial charge on any atom is 0.126 e. The maximum absolute atomic E-state index is 13.5. The van der Waals surface area contributed by atoms with Gasteiger partial charge in [-0.2, -0.15) is 0 Å². The molecule has 0 bridgehead atoms. The Morgan fingerprint density at radius 3 is 2.80 bits per heavy atom. The average Bonchev–Trinajstić information content (AvgIpc) is 3.00. The molecule has 1 saturated carbocycles. The Balaban J connectivity index is 2.08. The molecule has 0 spiro atoms. The zero-order valence-corrected chi connectivity index (χ0v) is 9.17. The summed E-state index contributed by atoms with van der Waals surface area (Å²) in [5.74, 6) is 0.767. The highest BCUT2D eigenvalue weighted by Crippen LogP contribution is 2.33. The van der Waals surface area contributed by atoms with Crippen LogP contribution in [0.15, 0.2) is 18.2 Å². The number of benzene rings is 1. The van der Waals surface area contributed by atoms with E-state index in [1.165, 1.54) is 12.8 Å². The van der Waals surface area contributed by atoms with E-state index >= 15 is 0 Å². The molecule has 0 aromatic heterocycles. The van der Waals surface area contributed by atoms with Gasteiger partial charge in [-0.15, -0.1) is 0 Å². The van der Waals surface area contributed by atoms with Gasteiger partial charge in [-0.1, -0.05) is 25.0 Å². The molecule has 0 aliphatic heterocycles. The molecule has 0 amide bonds. The van der Waals surface area contributed by atoms with Gasteiger partial charge >= 0.3 is 0 Å². The third-order valence-electron chi connectivity index (χ3n) is 3.11. The van der Waals surface area contributed by atoms with E-state index in [0.29, 0.717) is 0 Å². The van der Waals surface area contributed by atoms with Crippen molar-refractivity contribution in [2.45, 2.75) is 38.6 Å². The zero-order chi connectivity index (χ0) is 10.8. The predicted molar refractivity (Wildman–Crippen MR) is 60.0 cm³/mol. The number of halogens is 1. The highest BCUT2D eigenvalue weighted by Gasteiger charge is 2.21. The first kappa shape index (κ1) is 10.6. The molecule has 1 aromatic rings. The number of rotatable bonds is 4. The summed E-state index contributed by atoms with van der Waals surface area (Å²) in [6.45, 7) is 1.93. The molecule has 2 heteroatoms. The quantitative estimate of drug-likeness (QED) is 0.806. The first-order valence-corrected chi connectivity index (χ1v) is 5.70. The van der Waals surface area contributed by atoms with Crippen LogP contribution in [0.3, 0.4) is 0 Å². The molecule has 1 fully saturated rings. The molecule has 1 unspecified atom stereocenters. The second-order valence-electron chi connectivity index (χ2n) is 4.62. The lowest BCUT2D eigenvalue weighted by molar-refractivity contribution is 0.595. The summed E-state index contributed by atoms with van der Waals surface area (Å²) in [7, 11) is 0. The SMILES string of the molecule is CC(N)c1ccc(F)c(CCC2CC2)c1. The third kappa shape index (κ3) is 2.78. The van der Waals surface area contributed by atoms with Crippen LogP contribution in [0.25, 0.3) is 0 Å². The van der Waals surface area contributed by atoms with Gasteiger partial charge in [0.1, 0.15) is 5.82 Å². The summed E-state index contributed by atoms with van der Waals surface area (Å²) in [4.78, 5) is 0. The van der Waals surface area contributed by atoms with Gasteiger partial charge in [0, 0.05) is 6.04 Å². The van der Waals surface area contributed by atoms with E-state index < -0.39 is 0 Å². The number of hydrogen-bond donors (Lipinski definition) is 1. The van der Waals surface area contributed by atoms with Crippen LogP contribution in [-0.4, -0.2) is 0 Å². The minimum atomic E-state index is -0.0833. The first-order valence-electron chi connectivity index (χ1n) is 5.70. The minimum absolute atomic E-state index is 0.00900. The Morgan fingerprint density at radius 2 is 2.20 bits per heavy atom. The van der Waals surface area contributed by atoms with Crippen LogP contribution in [0, 0.1) is 11.7 Å². The summed E-state index contributed by atoms with van der Waals surface area (Å²) < 4.78 is 13.5. The molecule has 2 N–H and O–H groups in total. The fraction of sp³-hybridized carbons (Fsp3) is 0.538. The molecule has 0 heterocycles. The number of aryl methyl sites for hydroxylation is 1. The molecule has 1 atom stereocenters. The zero-order valence-electron chi connectivity index (χ0n) is 9.17. The van der Waals surface area contributed by atoms with Gasteiger partial charge in [0.05, 0.1) is 0 Å². The monoisotopic (exact) mass is 207 g/mol. The Bertz CT molecular complexity index is 342. The standard InChI is InChI=1S/C13H18FN/c1-9(15)11-6-7-13(14)12(8-11)5-4-10-2-3-10/h6-10H,2-5,15H2,1H3. The summed E-state index contributed by atoms with van der Waals surface area (Å²) in [5.41, 5.74) is 7.64. The molecule has 82 valence electrons. The van der Waals surface area contributed by atoms with Gasteiger partial charge < -0.3 is 5.73 Å². The molecule has 2 rings (SSSR count). The van der Waals surface area contributed by atoms with Crippen LogP contribution in [0.5, 0.6) is 0 Å². The van der Waals surface area contributed by atoms with E-state index in [4.69, 9.17) is 5.73 Å². The van der Waals surface area contributed by atoms with Crippen molar-refractivity contribution in [3.05, 3.63) is 35.1 Å². The fourth-order valence-corrected chi connectivity index (χ4v) is 1.84. The van der Waals surface area contributed by atoms with Crippen molar-refractivity contribution >= 4 is 0 Å². The van der Waals surface area contributed by atoms with E-state index in [1.807, 2.05) is 13.0 Å². The lowest BCUT2D eigenvalue weighted by atomic mass is 10.0. The average molecular weight is 207 g/mol. The highest BCUT2D eigenvalue weighted by molar-refractivity contribution is 5.27. The van der Waals surface area contributed by atoms with Gasteiger partial charge in [-0.3, -0.25) is 0 Å². The third-order valence-corrected chi connectivity index (χ3v) is 3.11. The van der Waals surface area contributed by atoms with Gasteiger partial charge in [0.25, 0.3) is 0 Å². The van der Waals surface area contributed by atoms with E-state index in [-0.39, 0.29) is 11.9 Å². The maximum atomic E-state index is 13.5. The fourth-order valence-electron chi connectivity index (χ4n) is 1.84. The molecule has 1 aliphatic rings. The van der Waals surface area contributed by atoms with Crippen molar-refractivity contribution in [2.75, 3.05) is 0 Å². The van der Waals surface area contributed by atoms with Crippen molar-refractivity contribution in [2.24, 2.45) is 11.7 Å². The lowest BCUT2D eigenvalue weighted by Crippen LogP contribution is -2.06. The van der Waals surface area contributed by atoms with Gasteiger partial charge in [-0.25, -0.2) is 4.39 Å². The molecular formula is C13H18FN. The van der Waals surface area contributed by atoms with Crippen LogP contribution < -0.4 is 5.73 Å². The molecule has 15 heavy (non-hydrogen) atoms. The van der Waals surface area contributed by atoms with E-state index in [0.717, 1.165) is 29.9 Å². The van der Waals surface area contributed by atoms with Gasteiger partial charge in [0.2, 0.25) is 0 Å². The van der Waals surface area contributed by atoms with Crippen LogP contribution in [0.4, 0.5) is 4.39 Å².